The Bertz CT molecular complexity index is 572. The number of benzene rings is 2. The van der Waals surface area contributed by atoms with Gasteiger partial charge in [0, 0.05) is 21.3 Å². The smallest absolute Gasteiger partial charge is 0.124 e. The zero-order chi connectivity index (χ0) is 13.8. The molecule has 4 heteroatoms. The predicted octanol–water partition coefficient (Wildman–Crippen LogP) is 5.81. The second-order valence-corrected chi connectivity index (χ2v) is 5.95. The lowest BCUT2D eigenvalue weighted by Crippen LogP contribution is -2.05. The second kappa shape index (κ2) is 6.74. The minimum atomic E-state index is -0.249. The topological polar surface area (TPSA) is 0 Å². The molecule has 0 radical (unpaired) electrons. The number of alkyl halides is 1. The molecule has 2 aromatic carbocycles. The first kappa shape index (κ1) is 14.8. The van der Waals surface area contributed by atoms with Gasteiger partial charge in [-0.15, -0.1) is 11.6 Å². The normalized spacial score (nSPS) is 12.4. The molecule has 2 aromatic rings. The predicted molar refractivity (Wildman–Crippen MR) is 82.7 cm³/mol. The quantitative estimate of drug-likeness (QED) is 0.603. The van der Waals surface area contributed by atoms with Crippen LogP contribution in [-0.2, 0) is 6.42 Å². The van der Waals surface area contributed by atoms with Crippen LogP contribution in [0.3, 0.4) is 0 Å². The minimum absolute atomic E-state index is 0.155. The molecular weight excluding hydrogens is 350 g/mol. The summed E-state index contributed by atoms with van der Waals surface area (Å²) in [6.07, 6.45) is 0.741. The van der Waals surface area contributed by atoms with E-state index in [4.69, 9.17) is 23.2 Å². The van der Waals surface area contributed by atoms with E-state index in [1.807, 2.05) is 24.3 Å². The van der Waals surface area contributed by atoms with Crippen molar-refractivity contribution < 1.29 is 4.39 Å². The van der Waals surface area contributed by atoms with Crippen molar-refractivity contribution in [1.82, 2.24) is 0 Å². The Labute approximate surface area is 130 Å². The molecule has 0 saturated heterocycles. The molecule has 0 aliphatic heterocycles. The fourth-order valence-corrected chi connectivity index (χ4v) is 2.97. The molecule has 0 fully saturated rings. The Kier molecular flexibility index (Phi) is 5.26. The first-order valence-corrected chi connectivity index (χ1v) is 7.56. The molecule has 0 aliphatic rings. The summed E-state index contributed by atoms with van der Waals surface area (Å²) >= 11 is 15.4. The SMILES string of the molecule is Fc1ccc(CC(CCl)c2cccc(Cl)c2)c(Br)c1. The number of hydrogen-bond acceptors (Lipinski definition) is 0. The van der Waals surface area contributed by atoms with Gasteiger partial charge in [0.25, 0.3) is 0 Å². The van der Waals surface area contributed by atoms with Crippen molar-refractivity contribution in [2.75, 3.05) is 5.88 Å². The van der Waals surface area contributed by atoms with Gasteiger partial charge in [-0.25, -0.2) is 4.39 Å². The lowest BCUT2D eigenvalue weighted by atomic mass is 9.93. The van der Waals surface area contributed by atoms with E-state index in [1.165, 1.54) is 12.1 Å². The average molecular weight is 362 g/mol. The molecule has 19 heavy (non-hydrogen) atoms. The highest BCUT2D eigenvalue weighted by molar-refractivity contribution is 9.10. The van der Waals surface area contributed by atoms with E-state index in [2.05, 4.69) is 15.9 Å². The van der Waals surface area contributed by atoms with E-state index in [1.54, 1.807) is 6.07 Å². The second-order valence-electron chi connectivity index (χ2n) is 4.35. The van der Waals surface area contributed by atoms with Crippen molar-refractivity contribution in [1.29, 1.82) is 0 Å². The molecule has 1 atom stereocenters. The number of rotatable bonds is 4. The van der Waals surface area contributed by atoms with Gasteiger partial charge in [-0.2, -0.15) is 0 Å². The van der Waals surface area contributed by atoms with Crippen LogP contribution in [0.15, 0.2) is 46.9 Å². The Balaban J connectivity index is 2.24. The molecule has 0 aliphatic carbocycles. The molecular formula is C15H12BrCl2F. The highest BCUT2D eigenvalue weighted by Gasteiger charge is 2.13. The Morgan fingerprint density at radius 1 is 1.16 bits per heavy atom. The maximum absolute atomic E-state index is 13.1. The molecule has 0 amide bonds. The Hall–Kier alpha value is -0.570. The van der Waals surface area contributed by atoms with Crippen molar-refractivity contribution in [3.8, 4) is 0 Å². The monoisotopic (exact) mass is 360 g/mol. The number of hydrogen-bond donors (Lipinski definition) is 0. The molecule has 0 aromatic heterocycles. The summed E-state index contributed by atoms with van der Waals surface area (Å²) in [5.41, 5.74) is 2.13. The van der Waals surface area contributed by atoms with E-state index in [0.29, 0.717) is 10.9 Å². The summed E-state index contributed by atoms with van der Waals surface area (Å²) in [4.78, 5) is 0. The Morgan fingerprint density at radius 3 is 2.58 bits per heavy atom. The summed E-state index contributed by atoms with van der Waals surface area (Å²) in [5.74, 6) is 0.396. The van der Waals surface area contributed by atoms with Gasteiger partial charge < -0.3 is 0 Å². The first-order valence-electron chi connectivity index (χ1n) is 5.85. The van der Waals surface area contributed by atoms with Crippen molar-refractivity contribution >= 4 is 39.1 Å². The number of halogens is 4. The summed E-state index contributed by atoms with van der Waals surface area (Å²) < 4.78 is 13.8. The van der Waals surface area contributed by atoms with Gasteiger partial charge >= 0.3 is 0 Å². The van der Waals surface area contributed by atoms with Gasteiger partial charge in [0.1, 0.15) is 5.82 Å². The van der Waals surface area contributed by atoms with Crippen LogP contribution in [-0.4, -0.2) is 5.88 Å². The van der Waals surface area contributed by atoms with Crippen LogP contribution in [0.1, 0.15) is 17.0 Å². The van der Waals surface area contributed by atoms with Gasteiger partial charge in [-0.05, 0) is 41.8 Å². The van der Waals surface area contributed by atoms with Crippen molar-refractivity contribution in [3.63, 3.8) is 0 Å². The average Bonchev–Trinajstić information content (AvgIpc) is 2.38. The van der Waals surface area contributed by atoms with Gasteiger partial charge in [0.2, 0.25) is 0 Å². The van der Waals surface area contributed by atoms with Crippen LogP contribution in [0.2, 0.25) is 5.02 Å². The molecule has 0 heterocycles. The highest BCUT2D eigenvalue weighted by Crippen LogP contribution is 2.28. The van der Waals surface area contributed by atoms with Crippen LogP contribution in [0.5, 0.6) is 0 Å². The van der Waals surface area contributed by atoms with Crippen LogP contribution in [0.25, 0.3) is 0 Å². The molecule has 0 saturated carbocycles. The largest absolute Gasteiger partial charge is 0.207 e. The molecule has 0 spiro atoms. The summed E-state index contributed by atoms with van der Waals surface area (Å²) in [5, 5.41) is 0.700. The molecule has 0 nitrogen and oxygen atoms in total. The minimum Gasteiger partial charge on any atom is -0.207 e. The summed E-state index contributed by atoms with van der Waals surface area (Å²) in [7, 11) is 0. The molecule has 2 rings (SSSR count). The third-order valence-electron chi connectivity index (χ3n) is 2.99. The summed E-state index contributed by atoms with van der Waals surface area (Å²) in [6, 6.07) is 12.4. The molecule has 100 valence electrons. The van der Waals surface area contributed by atoms with Gasteiger partial charge in [-0.1, -0.05) is 45.7 Å². The molecule has 0 bridgehead atoms. The zero-order valence-electron chi connectivity index (χ0n) is 10.0. The van der Waals surface area contributed by atoms with Crippen LogP contribution < -0.4 is 0 Å². The van der Waals surface area contributed by atoms with Crippen molar-refractivity contribution in [2.24, 2.45) is 0 Å². The third kappa shape index (κ3) is 3.95. The van der Waals surface area contributed by atoms with Crippen molar-refractivity contribution in [3.05, 3.63) is 68.9 Å². The fraction of sp³-hybridized carbons (Fsp3) is 0.200. The third-order valence-corrected chi connectivity index (χ3v) is 4.33. The van der Waals surface area contributed by atoms with E-state index >= 15 is 0 Å². The Morgan fingerprint density at radius 2 is 1.95 bits per heavy atom. The van der Waals surface area contributed by atoms with Crippen LogP contribution in [0, 0.1) is 5.82 Å². The van der Waals surface area contributed by atoms with Crippen molar-refractivity contribution in [2.45, 2.75) is 12.3 Å². The van der Waals surface area contributed by atoms with Gasteiger partial charge in [-0.3, -0.25) is 0 Å². The summed E-state index contributed by atoms with van der Waals surface area (Å²) in [6.45, 7) is 0. The lowest BCUT2D eigenvalue weighted by Gasteiger charge is -2.16. The van der Waals surface area contributed by atoms with Crippen LogP contribution >= 0.6 is 39.1 Å². The van der Waals surface area contributed by atoms with E-state index in [-0.39, 0.29) is 11.7 Å². The van der Waals surface area contributed by atoms with Crippen LogP contribution in [0.4, 0.5) is 4.39 Å². The highest BCUT2D eigenvalue weighted by atomic mass is 79.9. The van der Waals surface area contributed by atoms with Gasteiger partial charge in [0.15, 0.2) is 0 Å². The van der Waals surface area contributed by atoms with Gasteiger partial charge in [0.05, 0.1) is 0 Å². The molecule has 1 unspecified atom stereocenters. The lowest BCUT2D eigenvalue weighted by molar-refractivity contribution is 0.625. The maximum Gasteiger partial charge on any atom is 0.124 e. The standard InChI is InChI=1S/C15H12BrCl2F/c16-15-8-14(19)5-4-11(15)6-12(9-17)10-2-1-3-13(18)7-10/h1-5,7-8,12H,6,9H2. The van der Waals surface area contributed by atoms with E-state index in [9.17, 15) is 4.39 Å². The zero-order valence-corrected chi connectivity index (χ0v) is 13.1. The molecule has 0 N–H and O–H groups in total. The fourth-order valence-electron chi connectivity index (χ4n) is 1.97. The van der Waals surface area contributed by atoms with E-state index in [0.717, 1.165) is 22.0 Å². The maximum atomic E-state index is 13.1. The first-order chi connectivity index (χ1) is 9.10. The van der Waals surface area contributed by atoms with E-state index < -0.39 is 0 Å².